The average molecular weight is 617 g/mol. The molecule has 2 unspecified atom stereocenters. The van der Waals surface area contributed by atoms with Crippen molar-refractivity contribution in [2.24, 2.45) is 5.41 Å². The van der Waals surface area contributed by atoms with Gasteiger partial charge in [-0.05, 0) is 79.5 Å². The van der Waals surface area contributed by atoms with Gasteiger partial charge in [-0.3, -0.25) is 9.59 Å². The van der Waals surface area contributed by atoms with Crippen LogP contribution in [0.25, 0.3) is 22.2 Å². The van der Waals surface area contributed by atoms with Gasteiger partial charge in [-0.2, -0.15) is 12.7 Å². The summed E-state index contributed by atoms with van der Waals surface area (Å²) < 4.78 is 37.4. The second-order valence-electron chi connectivity index (χ2n) is 12.9. The maximum absolute atomic E-state index is 14.1. The van der Waals surface area contributed by atoms with Crippen molar-refractivity contribution in [3.63, 3.8) is 0 Å². The van der Waals surface area contributed by atoms with Gasteiger partial charge in [-0.1, -0.05) is 37.5 Å². The predicted molar refractivity (Wildman–Crippen MR) is 170 cm³/mol. The molecule has 9 nitrogen and oxygen atoms in total. The zero-order chi connectivity index (χ0) is 30.8. The third-order valence-electron chi connectivity index (χ3n) is 10.4. The minimum absolute atomic E-state index is 0.0379. The number of fused-ring (bicyclic) bond motifs is 4. The molecule has 4 aliphatic rings. The van der Waals surface area contributed by atoms with Crippen LogP contribution in [0.15, 0.2) is 42.5 Å². The van der Waals surface area contributed by atoms with Gasteiger partial charge >= 0.3 is 10.2 Å². The van der Waals surface area contributed by atoms with Crippen LogP contribution in [-0.2, 0) is 21.5 Å². The van der Waals surface area contributed by atoms with E-state index in [-0.39, 0.29) is 23.9 Å². The fourth-order valence-corrected chi connectivity index (χ4v) is 8.75. The van der Waals surface area contributed by atoms with Gasteiger partial charge in [-0.15, -0.1) is 0 Å². The van der Waals surface area contributed by atoms with E-state index in [1.807, 2.05) is 24.3 Å². The summed E-state index contributed by atoms with van der Waals surface area (Å²) in [6.45, 7) is 3.15. The molecule has 2 amide bonds. The number of hydrogen-bond donors (Lipinski definition) is 2. The Balaban J connectivity index is 1.50. The predicted octanol–water partition coefficient (Wildman–Crippen LogP) is 5.14. The first-order valence-corrected chi connectivity index (χ1v) is 17.2. The number of benzene rings is 2. The van der Waals surface area contributed by atoms with Crippen LogP contribution in [0.4, 0.5) is 0 Å². The number of aromatic nitrogens is 1. The lowest BCUT2D eigenvalue weighted by Gasteiger charge is -2.24. The molecule has 0 saturated heterocycles. The Morgan fingerprint density at radius 2 is 1.82 bits per heavy atom. The second-order valence-corrected chi connectivity index (χ2v) is 14.7. The molecular formula is C34H40N4O5S. The summed E-state index contributed by atoms with van der Waals surface area (Å²) >= 11 is 0. The van der Waals surface area contributed by atoms with Crippen molar-refractivity contribution < 1.29 is 22.7 Å². The lowest BCUT2D eigenvalue weighted by atomic mass is 9.80. The fourth-order valence-electron chi connectivity index (χ4n) is 7.96. The van der Waals surface area contributed by atoms with Crippen molar-refractivity contribution in [2.45, 2.75) is 70.3 Å². The van der Waals surface area contributed by atoms with E-state index in [1.54, 1.807) is 19.3 Å². The molecule has 2 atom stereocenters. The molecule has 0 radical (unpaired) electrons. The van der Waals surface area contributed by atoms with Crippen LogP contribution in [0.5, 0.6) is 5.75 Å². The number of methoxy groups -OCH3 is 1. The van der Waals surface area contributed by atoms with Crippen molar-refractivity contribution >= 4 is 32.9 Å². The number of amides is 2. The molecule has 2 aliphatic carbocycles. The zero-order valence-electron chi connectivity index (χ0n) is 25.6. The summed E-state index contributed by atoms with van der Waals surface area (Å²) in [5.74, 6) is 0.586. The highest BCUT2D eigenvalue weighted by molar-refractivity contribution is 7.87. The third kappa shape index (κ3) is 4.56. The van der Waals surface area contributed by atoms with Crippen LogP contribution in [-0.4, -0.2) is 56.4 Å². The molecule has 3 aromatic rings. The molecule has 232 valence electrons. The summed E-state index contributed by atoms with van der Waals surface area (Å²) in [6, 6.07) is 9.71. The van der Waals surface area contributed by atoms with Crippen molar-refractivity contribution in [3.8, 4) is 17.0 Å². The van der Waals surface area contributed by atoms with E-state index in [0.717, 1.165) is 57.0 Å². The number of nitrogens with one attached hydrogen (secondary N) is 2. The number of hydrogen-bond acceptors (Lipinski definition) is 5. The van der Waals surface area contributed by atoms with E-state index < -0.39 is 21.5 Å². The third-order valence-corrected chi connectivity index (χ3v) is 11.8. The first-order chi connectivity index (χ1) is 21.2. The van der Waals surface area contributed by atoms with Gasteiger partial charge in [0, 0.05) is 54.6 Å². The molecule has 2 aliphatic heterocycles. The smallest absolute Gasteiger partial charge is 0.304 e. The summed E-state index contributed by atoms with van der Waals surface area (Å²) in [5.41, 5.74) is 6.28. The van der Waals surface area contributed by atoms with Crippen molar-refractivity contribution in [1.29, 1.82) is 0 Å². The number of carbonyl (C=O) groups excluding carboxylic acids is 2. The second kappa shape index (κ2) is 10.8. The molecule has 44 heavy (non-hydrogen) atoms. The van der Waals surface area contributed by atoms with E-state index in [0.29, 0.717) is 25.4 Å². The summed E-state index contributed by atoms with van der Waals surface area (Å²) in [7, 11) is -0.925. The minimum atomic E-state index is -4.05. The maximum Gasteiger partial charge on any atom is 0.304 e. The molecule has 2 saturated carbocycles. The first-order valence-electron chi connectivity index (χ1n) is 15.7. The first kappa shape index (κ1) is 29.1. The van der Waals surface area contributed by atoms with Crippen molar-refractivity contribution in [1.82, 2.24) is 18.9 Å². The molecule has 4 bridgehead atoms. The number of nitrogens with zero attached hydrogens (tertiary/aromatic N) is 2. The van der Waals surface area contributed by atoms with E-state index >= 15 is 0 Å². The van der Waals surface area contributed by atoms with Crippen LogP contribution in [0.3, 0.4) is 0 Å². The topological polar surface area (TPSA) is 110 Å². The Hall–Kier alpha value is -3.63. The Kier molecular flexibility index (Phi) is 7.12. The van der Waals surface area contributed by atoms with E-state index in [1.165, 1.54) is 37.4 Å². The lowest BCUT2D eigenvalue weighted by molar-refractivity contribution is -0.126. The standard InChI is InChI=1S/C34H40N4O5S/c1-21-28(43-3)15-14-25-29(21)26-19-34(26)20-38-27-18-23(12-13-24(27)30(31(25)38)22-10-6-4-7-11-22)32(39)36-44(41,42)37(2)17-9-5-8-16-35-33(34)40/h5,9,12-15,18,22,26H,4,6-8,10-11,16-17,19-20H2,1-3H3,(H,35,40)(H,36,39)/b9-5+. The Bertz CT molecular complexity index is 1820. The van der Waals surface area contributed by atoms with E-state index in [4.69, 9.17) is 4.74 Å². The van der Waals surface area contributed by atoms with Gasteiger partial charge in [0.05, 0.1) is 18.2 Å². The average Bonchev–Trinajstić information content (AvgIpc) is 3.67. The minimum Gasteiger partial charge on any atom is -0.496 e. The van der Waals surface area contributed by atoms with Crippen molar-refractivity contribution in [2.75, 3.05) is 27.2 Å². The lowest BCUT2D eigenvalue weighted by Crippen LogP contribution is -2.41. The largest absolute Gasteiger partial charge is 0.496 e. The molecule has 2 N–H and O–H groups in total. The van der Waals surface area contributed by atoms with Gasteiger partial charge in [-0.25, -0.2) is 4.72 Å². The van der Waals surface area contributed by atoms with Gasteiger partial charge in [0.15, 0.2) is 0 Å². The zero-order valence-corrected chi connectivity index (χ0v) is 26.4. The summed E-state index contributed by atoms with van der Waals surface area (Å²) in [4.78, 5) is 27.6. The molecular weight excluding hydrogens is 576 g/mol. The highest BCUT2D eigenvalue weighted by Gasteiger charge is 2.63. The fraction of sp³-hybridized carbons (Fsp3) is 0.471. The summed E-state index contributed by atoms with van der Waals surface area (Å²) in [5, 5.41) is 4.28. The number of ether oxygens (including phenoxy) is 1. The number of likely N-dealkylation sites (N-methyl/N-ethyl adjacent to an activating group) is 1. The van der Waals surface area contributed by atoms with Gasteiger partial charge in [0.2, 0.25) is 5.91 Å². The molecule has 1 aromatic heterocycles. The van der Waals surface area contributed by atoms with E-state index in [2.05, 4.69) is 27.6 Å². The monoisotopic (exact) mass is 616 g/mol. The molecule has 1 spiro atoms. The molecule has 3 heterocycles. The number of carbonyl (C=O) groups is 2. The van der Waals surface area contributed by atoms with Gasteiger partial charge < -0.3 is 14.6 Å². The SMILES string of the molecule is COc1ccc2c(c1C)C1CC13Cn1c-2c(C2CCCCC2)c2ccc(cc21)C(=O)NS(=O)(=O)N(C)C/C=C/CCNC3=O. The normalized spacial score (nSPS) is 26.3. The highest BCUT2D eigenvalue weighted by atomic mass is 32.2. The van der Waals surface area contributed by atoms with Crippen LogP contribution in [0.1, 0.15) is 83.8 Å². The van der Waals surface area contributed by atoms with Crippen LogP contribution in [0.2, 0.25) is 0 Å². The van der Waals surface area contributed by atoms with E-state index in [9.17, 15) is 18.0 Å². The maximum atomic E-state index is 14.1. The van der Waals surface area contributed by atoms with Crippen molar-refractivity contribution in [3.05, 3.63) is 64.7 Å². The van der Waals surface area contributed by atoms with Crippen LogP contribution >= 0.6 is 0 Å². The molecule has 7 rings (SSSR count). The molecule has 2 fully saturated rings. The van der Waals surface area contributed by atoms with Gasteiger partial charge in [0.25, 0.3) is 5.91 Å². The number of rotatable bonds is 2. The molecule has 2 aromatic carbocycles. The highest BCUT2D eigenvalue weighted by Crippen LogP contribution is 2.66. The Morgan fingerprint density at radius 3 is 2.59 bits per heavy atom. The quantitative estimate of drug-likeness (QED) is 0.388. The Morgan fingerprint density at radius 1 is 1.02 bits per heavy atom. The van der Waals surface area contributed by atoms with Crippen LogP contribution < -0.4 is 14.8 Å². The Labute approximate surface area is 258 Å². The summed E-state index contributed by atoms with van der Waals surface area (Å²) in [6.07, 6.45) is 10.6. The van der Waals surface area contributed by atoms with Crippen LogP contribution in [0, 0.1) is 12.3 Å². The van der Waals surface area contributed by atoms with Gasteiger partial charge in [0.1, 0.15) is 5.75 Å². The molecule has 10 heteroatoms.